The molecule has 0 radical (unpaired) electrons. The number of likely N-dealkylation sites (N-methyl/N-ethyl adjacent to an activating group) is 1. The van der Waals surface area contributed by atoms with Gasteiger partial charge in [-0.25, -0.2) is 0 Å². The second-order valence-corrected chi connectivity index (χ2v) is 4.62. The van der Waals surface area contributed by atoms with E-state index in [2.05, 4.69) is 17.3 Å². The number of Topliss-reactive ketones (excluding diaryl/α,β-unsaturated/α-hetero) is 1. The van der Waals surface area contributed by atoms with Gasteiger partial charge in [0.05, 0.1) is 6.04 Å². The summed E-state index contributed by atoms with van der Waals surface area (Å²) < 4.78 is 0. The van der Waals surface area contributed by atoms with Crippen LogP contribution in [0.5, 0.6) is 0 Å². The number of nitrogens with zero attached hydrogens (tertiary/aromatic N) is 1. The Morgan fingerprint density at radius 3 is 3.07 bits per heavy atom. The first kappa shape index (κ1) is 10.1. The van der Waals surface area contributed by atoms with Crippen molar-refractivity contribution in [1.29, 1.82) is 0 Å². The molecule has 0 saturated carbocycles. The van der Waals surface area contributed by atoms with Gasteiger partial charge in [-0.2, -0.15) is 0 Å². The van der Waals surface area contributed by atoms with Crippen LogP contribution in [-0.2, 0) is 4.79 Å². The highest BCUT2D eigenvalue weighted by Crippen LogP contribution is 2.33. The molecule has 0 aromatic heterocycles. The number of likely N-dealkylation sites (tertiary alicyclic amines) is 1. The van der Waals surface area contributed by atoms with E-state index in [1.807, 2.05) is 6.92 Å². The van der Waals surface area contributed by atoms with Crippen LogP contribution in [0.25, 0.3) is 0 Å². The summed E-state index contributed by atoms with van der Waals surface area (Å²) >= 11 is 0. The molecule has 3 unspecified atom stereocenters. The molecule has 2 aliphatic rings. The Morgan fingerprint density at radius 2 is 2.36 bits per heavy atom. The molecule has 2 heterocycles. The lowest BCUT2D eigenvalue weighted by Crippen LogP contribution is -2.43. The molecule has 3 heteroatoms. The van der Waals surface area contributed by atoms with Crippen molar-refractivity contribution in [3.8, 4) is 0 Å². The Morgan fingerprint density at radius 1 is 1.57 bits per heavy atom. The smallest absolute Gasteiger partial charge is 0.150 e. The number of ketones is 1. The molecular formula is C11H20N2O. The van der Waals surface area contributed by atoms with Gasteiger partial charge in [0, 0.05) is 19.5 Å². The van der Waals surface area contributed by atoms with Gasteiger partial charge < -0.3 is 5.32 Å². The van der Waals surface area contributed by atoms with Crippen LogP contribution >= 0.6 is 0 Å². The molecule has 0 aromatic rings. The van der Waals surface area contributed by atoms with E-state index in [9.17, 15) is 4.79 Å². The molecule has 3 nitrogen and oxygen atoms in total. The van der Waals surface area contributed by atoms with Crippen LogP contribution in [0.1, 0.15) is 19.8 Å². The highest BCUT2D eigenvalue weighted by molar-refractivity contribution is 5.84. The van der Waals surface area contributed by atoms with Crippen LogP contribution in [0.4, 0.5) is 0 Å². The van der Waals surface area contributed by atoms with E-state index in [4.69, 9.17) is 0 Å². The average Bonchev–Trinajstić information content (AvgIpc) is 2.53. The van der Waals surface area contributed by atoms with E-state index in [0.717, 1.165) is 25.6 Å². The van der Waals surface area contributed by atoms with Crippen LogP contribution in [0.15, 0.2) is 0 Å². The van der Waals surface area contributed by atoms with Gasteiger partial charge in [0.25, 0.3) is 0 Å². The van der Waals surface area contributed by atoms with Gasteiger partial charge in [0.2, 0.25) is 0 Å². The summed E-state index contributed by atoms with van der Waals surface area (Å²) in [5.41, 5.74) is 0. The molecule has 0 aromatic carbocycles. The van der Waals surface area contributed by atoms with Crippen molar-refractivity contribution in [2.75, 3.05) is 26.7 Å². The molecule has 80 valence electrons. The van der Waals surface area contributed by atoms with E-state index < -0.39 is 0 Å². The van der Waals surface area contributed by atoms with Crippen molar-refractivity contribution in [1.82, 2.24) is 10.2 Å². The SMILES string of the molecule is CCC(=O)C1C2CNCCC2CN1C. The van der Waals surface area contributed by atoms with Crippen LogP contribution in [-0.4, -0.2) is 43.4 Å². The summed E-state index contributed by atoms with van der Waals surface area (Å²) in [5, 5.41) is 3.41. The molecule has 2 saturated heterocycles. The van der Waals surface area contributed by atoms with Crippen LogP contribution in [0, 0.1) is 11.8 Å². The highest BCUT2D eigenvalue weighted by Gasteiger charge is 2.43. The third kappa shape index (κ3) is 1.59. The van der Waals surface area contributed by atoms with Gasteiger partial charge >= 0.3 is 0 Å². The number of carbonyl (C=O) groups excluding carboxylic acids is 1. The summed E-state index contributed by atoms with van der Waals surface area (Å²) in [7, 11) is 2.09. The second-order valence-electron chi connectivity index (χ2n) is 4.62. The predicted molar refractivity (Wildman–Crippen MR) is 56.2 cm³/mol. The topological polar surface area (TPSA) is 32.3 Å². The minimum absolute atomic E-state index is 0.192. The summed E-state index contributed by atoms with van der Waals surface area (Å²) in [5.74, 6) is 1.74. The fourth-order valence-electron chi connectivity index (χ4n) is 3.04. The monoisotopic (exact) mass is 196 g/mol. The largest absolute Gasteiger partial charge is 0.316 e. The Hall–Kier alpha value is -0.410. The number of hydrogen-bond acceptors (Lipinski definition) is 3. The molecule has 0 amide bonds. The lowest BCUT2D eigenvalue weighted by atomic mass is 9.83. The molecule has 0 spiro atoms. The molecule has 2 fully saturated rings. The van der Waals surface area contributed by atoms with Gasteiger partial charge in [-0.1, -0.05) is 6.92 Å². The summed E-state index contributed by atoms with van der Waals surface area (Å²) in [4.78, 5) is 14.1. The first-order chi connectivity index (χ1) is 6.74. The van der Waals surface area contributed by atoms with Gasteiger partial charge in [-0.05, 0) is 31.8 Å². The first-order valence-corrected chi connectivity index (χ1v) is 5.67. The quantitative estimate of drug-likeness (QED) is 0.698. The molecule has 2 rings (SSSR count). The molecular weight excluding hydrogens is 176 g/mol. The Bertz CT molecular complexity index is 229. The van der Waals surface area contributed by atoms with E-state index in [-0.39, 0.29) is 6.04 Å². The van der Waals surface area contributed by atoms with E-state index >= 15 is 0 Å². The lowest BCUT2D eigenvalue weighted by Gasteiger charge is -2.29. The van der Waals surface area contributed by atoms with Gasteiger partial charge in [-0.3, -0.25) is 9.69 Å². The van der Waals surface area contributed by atoms with Crippen LogP contribution < -0.4 is 5.32 Å². The van der Waals surface area contributed by atoms with Crippen LogP contribution in [0.3, 0.4) is 0 Å². The minimum atomic E-state index is 0.192. The second kappa shape index (κ2) is 3.99. The molecule has 0 bridgehead atoms. The van der Waals surface area contributed by atoms with Gasteiger partial charge in [0.15, 0.2) is 0 Å². The number of carbonyl (C=O) groups is 1. The first-order valence-electron chi connectivity index (χ1n) is 5.67. The number of nitrogens with one attached hydrogen (secondary N) is 1. The molecule has 1 N–H and O–H groups in total. The summed E-state index contributed by atoms with van der Waals surface area (Å²) in [6, 6.07) is 0.192. The zero-order chi connectivity index (χ0) is 10.1. The zero-order valence-electron chi connectivity index (χ0n) is 9.12. The van der Waals surface area contributed by atoms with E-state index in [1.54, 1.807) is 0 Å². The summed E-state index contributed by atoms with van der Waals surface area (Å²) in [6.45, 7) is 5.25. The Balaban J connectivity index is 2.11. The van der Waals surface area contributed by atoms with Crippen molar-refractivity contribution in [3.05, 3.63) is 0 Å². The summed E-state index contributed by atoms with van der Waals surface area (Å²) in [6.07, 6.45) is 1.92. The maximum atomic E-state index is 11.8. The van der Waals surface area contributed by atoms with Crippen molar-refractivity contribution in [3.63, 3.8) is 0 Å². The van der Waals surface area contributed by atoms with Gasteiger partial charge in [-0.15, -0.1) is 0 Å². The molecule has 14 heavy (non-hydrogen) atoms. The van der Waals surface area contributed by atoms with Crippen molar-refractivity contribution >= 4 is 5.78 Å². The van der Waals surface area contributed by atoms with Crippen molar-refractivity contribution in [2.45, 2.75) is 25.8 Å². The van der Waals surface area contributed by atoms with Crippen molar-refractivity contribution in [2.24, 2.45) is 11.8 Å². The minimum Gasteiger partial charge on any atom is -0.316 e. The van der Waals surface area contributed by atoms with E-state index in [0.29, 0.717) is 18.1 Å². The molecule has 0 aliphatic carbocycles. The zero-order valence-corrected chi connectivity index (χ0v) is 9.12. The highest BCUT2D eigenvalue weighted by atomic mass is 16.1. The maximum absolute atomic E-state index is 11.8. The predicted octanol–water partition coefficient (Wildman–Crippen LogP) is 0.505. The standard InChI is InChI=1S/C11H20N2O/c1-3-10(14)11-9-6-12-5-4-8(9)7-13(11)2/h8-9,11-12H,3-7H2,1-2H3. The number of piperidine rings is 1. The lowest BCUT2D eigenvalue weighted by molar-refractivity contribution is -0.123. The average molecular weight is 196 g/mol. The molecule has 2 aliphatic heterocycles. The normalized spacial score (nSPS) is 38.3. The van der Waals surface area contributed by atoms with Gasteiger partial charge in [0.1, 0.15) is 5.78 Å². The number of hydrogen-bond donors (Lipinski definition) is 1. The third-order valence-electron chi connectivity index (χ3n) is 3.76. The van der Waals surface area contributed by atoms with Crippen molar-refractivity contribution < 1.29 is 4.79 Å². The Kier molecular flexibility index (Phi) is 2.88. The fourth-order valence-corrected chi connectivity index (χ4v) is 3.04. The Labute approximate surface area is 85.8 Å². The molecule has 3 atom stereocenters. The number of rotatable bonds is 2. The van der Waals surface area contributed by atoms with E-state index in [1.165, 1.54) is 6.42 Å². The fraction of sp³-hybridized carbons (Fsp3) is 0.909. The number of fused-ring (bicyclic) bond motifs is 1. The third-order valence-corrected chi connectivity index (χ3v) is 3.76. The maximum Gasteiger partial charge on any atom is 0.150 e. The van der Waals surface area contributed by atoms with Crippen LogP contribution in [0.2, 0.25) is 0 Å².